The summed E-state index contributed by atoms with van der Waals surface area (Å²) in [5.74, 6) is 1.21. The quantitative estimate of drug-likeness (QED) is 0.767. The molecule has 3 heteroatoms. The van der Waals surface area contributed by atoms with E-state index in [-0.39, 0.29) is 12.2 Å². The second-order valence-electron chi connectivity index (χ2n) is 5.55. The molecule has 1 saturated carbocycles. The van der Waals surface area contributed by atoms with Crippen molar-refractivity contribution in [3.8, 4) is 0 Å². The molecule has 2 atom stereocenters. The first-order valence-electron chi connectivity index (χ1n) is 6.10. The Morgan fingerprint density at radius 1 is 1.20 bits per heavy atom. The molecule has 1 N–H and O–H groups in total. The summed E-state index contributed by atoms with van der Waals surface area (Å²) < 4.78 is 0. The van der Waals surface area contributed by atoms with Crippen LogP contribution in [0.4, 0.5) is 0 Å². The van der Waals surface area contributed by atoms with Crippen molar-refractivity contribution in [1.82, 2.24) is 10.2 Å². The molecule has 1 saturated heterocycles. The van der Waals surface area contributed by atoms with Crippen LogP contribution < -0.4 is 5.32 Å². The average Bonchev–Trinajstić information content (AvgIpc) is 2.89. The van der Waals surface area contributed by atoms with Crippen LogP contribution in [0.5, 0.6) is 0 Å². The fourth-order valence-electron chi connectivity index (χ4n) is 2.38. The second-order valence-corrected chi connectivity index (χ2v) is 5.55. The van der Waals surface area contributed by atoms with Gasteiger partial charge in [0.2, 0.25) is 5.91 Å². The molecular formula is C12H22N2O. The SMILES string of the molecule is CC(C)C1NC(C(C)C)N(C2CC2)C1=O. The van der Waals surface area contributed by atoms with E-state index >= 15 is 0 Å². The van der Waals surface area contributed by atoms with Crippen molar-refractivity contribution in [2.45, 2.75) is 58.8 Å². The Bertz CT molecular complexity index is 258. The van der Waals surface area contributed by atoms with Gasteiger partial charge < -0.3 is 4.90 Å². The van der Waals surface area contributed by atoms with E-state index in [4.69, 9.17) is 0 Å². The molecule has 0 spiro atoms. The molecule has 3 nitrogen and oxygen atoms in total. The van der Waals surface area contributed by atoms with Gasteiger partial charge in [-0.25, -0.2) is 0 Å². The Morgan fingerprint density at radius 3 is 2.20 bits per heavy atom. The molecule has 1 aliphatic carbocycles. The van der Waals surface area contributed by atoms with Gasteiger partial charge >= 0.3 is 0 Å². The maximum atomic E-state index is 12.2. The summed E-state index contributed by atoms with van der Waals surface area (Å²) in [6.07, 6.45) is 2.65. The van der Waals surface area contributed by atoms with E-state index in [9.17, 15) is 4.79 Å². The number of nitrogens with zero attached hydrogens (tertiary/aromatic N) is 1. The van der Waals surface area contributed by atoms with E-state index in [0.717, 1.165) is 0 Å². The van der Waals surface area contributed by atoms with Crippen LogP contribution in [0.1, 0.15) is 40.5 Å². The van der Waals surface area contributed by atoms with Gasteiger partial charge in [0.1, 0.15) is 0 Å². The molecule has 1 heterocycles. The van der Waals surface area contributed by atoms with Crippen molar-refractivity contribution in [3.63, 3.8) is 0 Å². The summed E-state index contributed by atoms with van der Waals surface area (Å²) in [6, 6.07) is 0.569. The minimum absolute atomic E-state index is 0.0398. The highest BCUT2D eigenvalue weighted by atomic mass is 16.2. The van der Waals surface area contributed by atoms with E-state index in [0.29, 0.717) is 23.8 Å². The topological polar surface area (TPSA) is 32.3 Å². The molecular weight excluding hydrogens is 188 g/mol. The van der Waals surface area contributed by atoms with Crippen LogP contribution in [-0.4, -0.2) is 29.1 Å². The lowest BCUT2D eigenvalue weighted by molar-refractivity contribution is -0.131. The molecule has 0 aromatic heterocycles. The van der Waals surface area contributed by atoms with Gasteiger partial charge in [-0.1, -0.05) is 27.7 Å². The van der Waals surface area contributed by atoms with Crippen molar-refractivity contribution in [3.05, 3.63) is 0 Å². The third-order valence-electron chi connectivity index (χ3n) is 3.41. The van der Waals surface area contributed by atoms with Crippen LogP contribution >= 0.6 is 0 Å². The maximum Gasteiger partial charge on any atom is 0.241 e. The maximum absolute atomic E-state index is 12.2. The normalized spacial score (nSPS) is 32.1. The standard InChI is InChI=1S/C12H22N2O/c1-7(2)10-12(15)14(9-5-6-9)11(13-10)8(3)4/h7-11,13H,5-6H2,1-4H3. The summed E-state index contributed by atoms with van der Waals surface area (Å²) in [4.78, 5) is 14.3. The zero-order valence-electron chi connectivity index (χ0n) is 10.2. The minimum Gasteiger partial charge on any atom is -0.323 e. The molecule has 2 unspecified atom stereocenters. The summed E-state index contributed by atoms with van der Waals surface area (Å²) in [5.41, 5.74) is 0. The molecule has 0 aromatic rings. The molecule has 2 fully saturated rings. The van der Waals surface area contributed by atoms with E-state index < -0.39 is 0 Å². The van der Waals surface area contributed by atoms with Gasteiger partial charge in [0, 0.05) is 6.04 Å². The minimum atomic E-state index is 0.0398. The lowest BCUT2D eigenvalue weighted by Crippen LogP contribution is -2.42. The lowest BCUT2D eigenvalue weighted by Gasteiger charge is -2.27. The molecule has 15 heavy (non-hydrogen) atoms. The molecule has 0 bridgehead atoms. The lowest BCUT2D eigenvalue weighted by atomic mass is 10.0. The number of rotatable bonds is 3. The summed E-state index contributed by atoms with van der Waals surface area (Å²) in [7, 11) is 0. The van der Waals surface area contributed by atoms with Gasteiger partial charge in [-0.15, -0.1) is 0 Å². The predicted molar refractivity (Wildman–Crippen MR) is 60.3 cm³/mol. The van der Waals surface area contributed by atoms with E-state index in [1.807, 2.05) is 0 Å². The zero-order valence-corrected chi connectivity index (χ0v) is 10.2. The first kappa shape index (κ1) is 10.9. The molecule has 0 aromatic carbocycles. The van der Waals surface area contributed by atoms with Crippen LogP contribution in [-0.2, 0) is 4.79 Å². The van der Waals surface area contributed by atoms with Crippen LogP contribution in [0.15, 0.2) is 0 Å². The number of hydrogen-bond acceptors (Lipinski definition) is 2. The number of hydrogen-bond donors (Lipinski definition) is 1. The van der Waals surface area contributed by atoms with Crippen LogP contribution in [0, 0.1) is 11.8 Å². The summed E-state index contributed by atoms with van der Waals surface area (Å²) in [5, 5.41) is 3.49. The van der Waals surface area contributed by atoms with E-state index in [2.05, 4.69) is 37.9 Å². The first-order valence-corrected chi connectivity index (χ1v) is 6.10. The number of carbonyl (C=O) groups excluding carboxylic acids is 1. The Hall–Kier alpha value is -0.570. The molecule has 86 valence electrons. The van der Waals surface area contributed by atoms with Crippen molar-refractivity contribution < 1.29 is 4.79 Å². The highest BCUT2D eigenvalue weighted by Gasteiger charge is 2.47. The van der Waals surface area contributed by atoms with Crippen LogP contribution in [0.3, 0.4) is 0 Å². The van der Waals surface area contributed by atoms with Crippen LogP contribution in [0.25, 0.3) is 0 Å². The zero-order chi connectivity index (χ0) is 11.2. The fourth-order valence-corrected chi connectivity index (χ4v) is 2.38. The molecule has 1 amide bonds. The smallest absolute Gasteiger partial charge is 0.241 e. The first-order chi connectivity index (χ1) is 7.02. The third kappa shape index (κ3) is 1.89. The predicted octanol–water partition coefficient (Wildman–Crippen LogP) is 1.59. The third-order valence-corrected chi connectivity index (χ3v) is 3.41. The largest absolute Gasteiger partial charge is 0.323 e. The number of amides is 1. The van der Waals surface area contributed by atoms with Crippen molar-refractivity contribution >= 4 is 5.91 Å². The van der Waals surface area contributed by atoms with Gasteiger partial charge in [-0.05, 0) is 24.7 Å². The van der Waals surface area contributed by atoms with Gasteiger partial charge in [0.05, 0.1) is 12.2 Å². The molecule has 1 aliphatic heterocycles. The summed E-state index contributed by atoms with van der Waals surface area (Å²) in [6.45, 7) is 8.60. The number of nitrogens with one attached hydrogen (secondary N) is 1. The Labute approximate surface area is 92.2 Å². The van der Waals surface area contributed by atoms with Gasteiger partial charge in [-0.3, -0.25) is 10.1 Å². The van der Waals surface area contributed by atoms with Crippen molar-refractivity contribution in [2.75, 3.05) is 0 Å². The second kappa shape index (κ2) is 3.78. The van der Waals surface area contributed by atoms with E-state index in [1.165, 1.54) is 12.8 Å². The van der Waals surface area contributed by atoms with Gasteiger partial charge in [0.25, 0.3) is 0 Å². The Balaban J connectivity index is 2.15. The van der Waals surface area contributed by atoms with Crippen LogP contribution in [0.2, 0.25) is 0 Å². The van der Waals surface area contributed by atoms with Gasteiger partial charge in [0.15, 0.2) is 0 Å². The van der Waals surface area contributed by atoms with Crippen molar-refractivity contribution in [1.29, 1.82) is 0 Å². The van der Waals surface area contributed by atoms with E-state index in [1.54, 1.807) is 0 Å². The van der Waals surface area contributed by atoms with Gasteiger partial charge in [-0.2, -0.15) is 0 Å². The average molecular weight is 210 g/mol. The monoisotopic (exact) mass is 210 g/mol. The Morgan fingerprint density at radius 2 is 1.80 bits per heavy atom. The Kier molecular flexibility index (Phi) is 2.75. The van der Waals surface area contributed by atoms with Crippen molar-refractivity contribution in [2.24, 2.45) is 11.8 Å². The molecule has 2 aliphatic rings. The molecule has 0 radical (unpaired) electrons. The number of carbonyl (C=O) groups is 1. The molecule has 2 rings (SSSR count). The highest BCUT2D eigenvalue weighted by molar-refractivity contribution is 5.85. The fraction of sp³-hybridized carbons (Fsp3) is 0.917. The highest BCUT2D eigenvalue weighted by Crippen LogP contribution is 2.34. The summed E-state index contributed by atoms with van der Waals surface area (Å²) >= 11 is 0.